The Morgan fingerprint density at radius 2 is 1.32 bits per heavy atom. The van der Waals surface area contributed by atoms with Crippen LogP contribution in [0.15, 0.2) is 58.3 Å². The molecule has 1 amide bonds. The van der Waals surface area contributed by atoms with E-state index in [1.54, 1.807) is 0 Å². The van der Waals surface area contributed by atoms with Crippen molar-refractivity contribution in [3.63, 3.8) is 0 Å². The van der Waals surface area contributed by atoms with E-state index in [4.69, 9.17) is 0 Å². The van der Waals surface area contributed by atoms with Crippen molar-refractivity contribution in [2.75, 3.05) is 32.4 Å². The van der Waals surface area contributed by atoms with Crippen LogP contribution in [0.1, 0.15) is 10.4 Å². The first-order valence-corrected chi connectivity index (χ1v) is 11.8. The summed E-state index contributed by atoms with van der Waals surface area (Å²) >= 11 is 0. The zero-order valence-electron chi connectivity index (χ0n) is 15.1. The Morgan fingerprint density at radius 1 is 0.821 bits per heavy atom. The SMILES string of the molecule is CS(=O)(=O)c1ccc(C(=O)N2CCN(S(=O)(=O)c3ccc(F)cc3)CC2)cc1. The van der Waals surface area contributed by atoms with Gasteiger partial charge in [-0.3, -0.25) is 4.79 Å². The Morgan fingerprint density at radius 3 is 1.82 bits per heavy atom. The number of sulfone groups is 1. The Balaban J connectivity index is 1.68. The van der Waals surface area contributed by atoms with Crippen LogP contribution in [-0.2, 0) is 19.9 Å². The maximum atomic E-state index is 13.0. The van der Waals surface area contributed by atoms with Gasteiger partial charge in [-0.25, -0.2) is 21.2 Å². The van der Waals surface area contributed by atoms with E-state index in [9.17, 15) is 26.0 Å². The highest BCUT2D eigenvalue weighted by molar-refractivity contribution is 7.90. The maximum Gasteiger partial charge on any atom is 0.253 e. The minimum Gasteiger partial charge on any atom is -0.336 e. The van der Waals surface area contributed by atoms with Gasteiger partial charge in [0, 0.05) is 38.0 Å². The number of benzene rings is 2. The molecule has 7 nitrogen and oxygen atoms in total. The fraction of sp³-hybridized carbons (Fsp3) is 0.278. The molecule has 0 N–H and O–H groups in total. The summed E-state index contributed by atoms with van der Waals surface area (Å²) < 4.78 is 62.5. The first-order chi connectivity index (χ1) is 13.1. The van der Waals surface area contributed by atoms with Crippen molar-refractivity contribution in [1.29, 1.82) is 0 Å². The van der Waals surface area contributed by atoms with Crippen molar-refractivity contribution in [3.8, 4) is 0 Å². The van der Waals surface area contributed by atoms with Crippen LogP contribution in [0.25, 0.3) is 0 Å². The van der Waals surface area contributed by atoms with Gasteiger partial charge in [-0.15, -0.1) is 0 Å². The molecule has 0 spiro atoms. The number of hydrogen-bond donors (Lipinski definition) is 0. The van der Waals surface area contributed by atoms with Crippen molar-refractivity contribution in [2.24, 2.45) is 0 Å². The zero-order chi connectivity index (χ0) is 20.5. The molecule has 1 heterocycles. The summed E-state index contributed by atoms with van der Waals surface area (Å²) in [5.41, 5.74) is 0.335. The summed E-state index contributed by atoms with van der Waals surface area (Å²) in [4.78, 5) is 14.2. The standard InChI is InChI=1S/C18H19FN2O5S2/c1-27(23,24)16-6-2-14(3-7-16)18(22)20-10-12-21(13-11-20)28(25,26)17-8-4-15(19)5-9-17/h2-9H,10-13H2,1H3. The number of rotatable bonds is 4. The molecule has 150 valence electrons. The lowest BCUT2D eigenvalue weighted by Gasteiger charge is -2.34. The number of nitrogens with zero attached hydrogens (tertiary/aromatic N) is 2. The van der Waals surface area contributed by atoms with Crippen molar-refractivity contribution in [2.45, 2.75) is 9.79 Å². The number of amides is 1. The summed E-state index contributed by atoms with van der Waals surface area (Å²) in [5, 5.41) is 0. The van der Waals surface area contributed by atoms with Gasteiger partial charge in [0.2, 0.25) is 10.0 Å². The van der Waals surface area contributed by atoms with E-state index in [1.807, 2.05) is 0 Å². The zero-order valence-corrected chi connectivity index (χ0v) is 16.7. The minimum absolute atomic E-state index is 0.00467. The molecule has 1 fully saturated rings. The van der Waals surface area contributed by atoms with Gasteiger partial charge in [0.25, 0.3) is 5.91 Å². The Bertz CT molecular complexity index is 1070. The molecule has 0 unspecified atom stereocenters. The molecular weight excluding hydrogens is 407 g/mol. The van der Waals surface area contributed by atoms with Gasteiger partial charge in [-0.05, 0) is 48.5 Å². The van der Waals surface area contributed by atoms with E-state index < -0.39 is 25.7 Å². The van der Waals surface area contributed by atoms with E-state index in [-0.39, 0.29) is 41.9 Å². The van der Waals surface area contributed by atoms with Gasteiger partial charge in [0.1, 0.15) is 5.82 Å². The molecule has 3 rings (SSSR count). The van der Waals surface area contributed by atoms with Crippen molar-refractivity contribution in [1.82, 2.24) is 9.21 Å². The van der Waals surface area contributed by atoms with Crippen LogP contribution in [0.5, 0.6) is 0 Å². The number of piperazine rings is 1. The summed E-state index contributed by atoms with van der Waals surface area (Å²) in [5.74, 6) is -0.810. The van der Waals surface area contributed by atoms with Crippen LogP contribution in [0.4, 0.5) is 4.39 Å². The predicted octanol–water partition coefficient (Wildman–Crippen LogP) is 1.38. The Labute approximate surface area is 163 Å². The highest BCUT2D eigenvalue weighted by Crippen LogP contribution is 2.19. The van der Waals surface area contributed by atoms with Gasteiger partial charge >= 0.3 is 0 Å². The van der Waals surface area contributed by atoms with Crippen LogP contribution in [0, 0.1) is 5.82 Å². The number of hydrogen-bond acceptors (Lipinski definition) is 5. The molecule has 1 aliphatic heterocycles. The van der Waals surface area contributed by atoms with E-state index in [0.717, 1.165) is 18.4 Å². The van der Waals surface area contributed by atoms with Crippen LogP contribution < -0.4 is 0 Å². The van der Waals surface area contributed by atoms with Gasteiger partial charge in [0.05, 0.1) is 9.79 Å². The summed E-state index contributed by atoms with van der Waals surface area (Å²) in [6.45, 7) is 0.639. The monoisotopic (exact) mass is 426 g/mol. The fourth-order valence-corrected chi connectivity index (χ4v) is 4.97. The van der Waals surface area contributed by atoms with Gasteiger partial charge in [-0.1, -0.05) is 0 Å². The van der Waals surface area contributed by atoms with E-state index in [0.29, 0.717) is 5.56 Å². The van der Waals surface area contributed by atoms with Crippen molar-refractivity contribution in [3.05, 3.63) is 59.9 Å². The van der Waals surface area contributed by atoms with Crippen LogP contribution in [0.2, 0.25) is 0 Å². The molecule has 0 bridgehead atoms. The quantitative estimate of drug-likeness (QED) is 0.737. The topological polar surface area (TPSA) is 91.8 Å². The molecule has 2 aromatic rings. The lowest BCUT2D eigenvalue weighted by atomic mass is 10.2. The number of halogens is 1. The van der Waals surface area contributed by atoms with E-state index in [2.05, 4.69) is 0 Å². The number of sulfonamides is 1. The molecule has 28 heavy (non-hydrogen) atoms. The second kappa shape index (κ2) is 7.61. The summed E-state index contributed by atoms with van der Waals surface area (Å²) in [6.07, 6.45) is 1.09. The predicted molar refractivity (Wildman–Crippen MR) is 101 cm³/mol. The lowest BCUT2D eigenvalue weighted by molar-refractivity contribution is 0.0698. The highest BCUT2D eigenvalue weighted by atomic mass is 32.2. The average Bonchev–Trinajstić information content (AvgIpc) is 2.67. The van der Waals surface area contributed by atoms with Crippen LogP contribution >= 0.6 is 0 Å². The largest absolute Gasteiger partial charge is 0.336 e. The van der Waals surface area contributed by atoms with Crippen molar-refractivity contribution < 1.29 is 26.0 Å². The van der Waals surface area contributed by atoms with Gasteiger partial charge < -0.3 is 4.90 Å². The van der Waals surface area contributed by atoms with Crippen LogP contribution in [0.3, 0.4) is 0 Å². The second-order valence-electron chi connectivity index (χ2n) is 6.45. The molecule has 0 radical (unpaired) electrons. The van der Waals surface area contributed by atoms with Crippen LogP contribution in [-0.4, -0.2) is 64.4 Å². The number of carbonyl (C=O) groups excluding carboxylic acids is 1. The maximum absolute atomic E-state index is 13.0. The molecule has 0 aromatic heterocycles. The fourth-order valence-electron chi connectivity index (χ4n) is 2.91. The van der Waals surface area contributed by atoms with Crippen molar-refractivity contribution >= 4 is 25.8 Å². The second-order valence-corrected chi connectivity index (χ2v) is 10.4. The summed E-state index contributed by atoms with van der Waals surface area (Å²) in [6, 6.07) is 10.2. The Hall–Kier alpha value is -2.30. The normalized spacial score (nSPS) is 16.1. The third-order valence-corrected chi connectivity index (χ3v) is 7.55. The third kappa shape index (κ3) is 4.23. The van der Waals surface area contributed by atoms with Gasteiger partial charge in [0.15, 0.2) is 9.84 Å². The molecule has 10 heteroatoms. The molecule has 2 aromatic carbocycles. The minimum atomic E-state index is -3.75. The first-order valence-electron chi connectivity index (χ1n) is 8.44. The molecule has 0 saturated carbocycles. The van der Waals surface area contributed by atoms with E-state index in [1.165, 1.54) is 45.6 Å². The lowest BCUT2D eigenvalue weighted by Crippen LogP contribution is -2.50. The molecule has 0 atom stereocenters. The number of carbonyl (C=O) groups is 1. The first kappa shape index (κ1) is 20.4. The average molecular weight is 426 g/mol. The van der Waals surface area contributed by atoms with Gasteiger partial charge in [-0.2, -0.15) is 4.31 Å². The molecule has 1 aliphatic rings. The smallest absolute Gasteiger partial charge is 0.253 e. The third-order valence-electron chi connectivity index (χ3n) is 4.51. The molecule has 0 aliphatic carbocycles. The Kier molecular flexibility index (Phi) is 5.55. The summed E-state index contributed by atoms with van der Waals surface area (Å²) in [7, 11) is -7.10. The molecular formula is C18H19FN2O5S2. The molecule has 1 saturated heterocycles. The van der Waals surface area contributed by atoms with E-state index >= 15 is 0 Å². The highest BCUT2D eigenvalue weighted by Gasteiger charge is 2.30.